The molecule has 3 rings (SSSR count). The second kappa shape index (κ2) is 3.78. The van der Waals surface area contributed by atoms with Crippen LogP contribution in [0.2, 0.25) is 0 Å². The van der Waals surface area contributed by atoms with Gasteiger partial charge in [0.1, 0.15) is 0 Å². The van der Waals surface area contributed by atoms with Crippen molar-refractivity contribution in [3.63, 3.8) is 0 Å². The molecule has 0 spiro atoms. The van der Waals surface area contributed by atoms with Crippen molar-refractivity contribution in [3.8, 4) is 0 Å². The SMILES string of the molecule is Cl.Nc1ccc2[nH]c3c(c2c1)CCCC3. The highest BCUT2D eigenvalue weighted by Gasteiger charge is 2.14. The molecule has 2 nitrogen and oxygen atoms in total. The van der Waals surface area contributed by atoms with Crippen LogP contribution in [0.1, 0.15) is 24.1 Å². The van der Waals surface area contributed by atoms with E-state index in [9.17, 15) is 0 Å². The van der Waals surface area contributed by atoms with E-state index in [2.05, 4.69) is 17.1 Å². The predicted octanol–water partition coefficient (Wildman–Crippen LogP) is 3.05. The van der Waals surface area contributed by atoms with Gasteiger partial charge in [0.15, 0.2) is 0 Å². The predicted molar refractivity (Wildman–Crippen MR) is 66.6 cm³/mol. The van der Waals surface area contributed by atoms with E-state index in [4.69, 9.17) is 5.73 Å². The molecule has 0 saturated heterocycles. The van der Waals surface area contributed by atoms with Crippen LogP contribution in [-0.2, 0) is 12.8 Å². The van der Waals surface area contributed by atoms with Gasteiger partial charge in [-0.2, -0.15) is 0 Å². The number of nitrogens with one attached hydrogen (secondary N) is 1. The Morgan fingerprint density at radius 2 is 1.93 bits per heavy atom. The second-order valence-corrected chi connectivity index (χ2v) is 4.09. The number of aromatic amines is 1. The van der Waals surface area contributed by atoms with E-state index in [0.717, 1.165) is 5.69 Å². The van der Waals surface area contributed by atoms with Crippen LogP contribution < -0.4 is 5.73 Å². The number of halogens is 1. The van der Waals surface area contributed by atoms with Crippen LogP contribution in [0, 0.1) is 0 Å². The highest BCUT2D eigenvalue weighted by atomic mass is 35.5. The third-order valence-electron chi connectivity index (χ3n) is 3.12. The molecule has 0 bridgehead atoms. The number of benzene rings is 1. The number of H-pyrrole nitrogens is 1. The Hall–Kier alpha value is -1.15. The van der Waals surface area contributed by atoms with Gasteiger partial charge in [-0.1, -0.05) is 0 Å². The molecule has 0 amide bonds. The summed E-state index contributed by atoms with van der Waals surface area (Å²) in [6.07, 6.45) is 5.03. The van der Waals surface area contributed by atoms with E-state index in [1.54, 1.807) is 0 Å². The Balaban J connectivity index is 0.000000853. The standard InChI is InChI=1S/C12H14N2.ClH/c13-8-5-6-12-10(7-8)9-3-1-2-4-11(9)14-12;/h5-7,14H,1-4,13H2;1H. The summed E-state index contributed by atoms with van der Waals surface area (Å²) in [5.74, 6) is 0. The number of nitrogens with two attached hydrogens (primary N) is 1. The Morgan fingerprint density at radius 1 is 1.13 bits per heavy atom. The number of anilines is 1. The van der Waals surface area contributed by atoms with E-state index in [1.165, 1.54) is 47.8 Å². The molecule has 15 heavy (non-hydrogen) atoms. The fourth-order valence-electron chi connectivity index (χ4n) is 2.42. The summed E-state index contributed by atoms with van der Waals surface area (Å²) in [6.45, 7) is 0. The number of aryl methyl sites for hydroxylation is 2. The van der Waals surface area contributed by atoms with Gasteiger partial charge in [0.25, 0.3) is 0 Å². The molecule has 0 saturated carbocycles. The van der Waals surface area contributed by atoms with Gasteiger partial charge in [-0.15, -0.1) is 12.4 Å². The third-order valence-corrected chi connectivity index (χ3v) is 3.12. The minimum absolute atomic E-state index is 0. The van der Waals surface area contributed by atoms with Crippen LogP contribution in [-0.4, -0.2) is 4.98 Å². The van der Waals surface area contributed by atoms with E-state index in [0.29, 0.717) is 0 Å². The molecule has 0 atom stereocenters. The maximum absolute atomic E-state index is 5.80. The summed E-state index contributed by atoms with van der Waals surface area (Å²) in [7, 11) is 0. The first-order valence-electron chi connectivity index (χ1n) is 5.23. The van der Waals surface area contributed by atoms with Gasteiger partial charge < -0.3 is 10.7 Å². The quantitative estimate of drug-likeness (QED) is 0.661. The van der Waals surface area contributed by atoms with Crippen LogP contribution in [0.3, 0.4) is 0 Å². The summed E-state index contributed by atoms with van der Waals surface area (Å²) in [6, 6.07) is 6.14. The van der Waals surface area contributed by atoms with Gasteiger partial charge in [-0.25, -0.2) is 0 Å². The molecule has 1 aromatic carbocycles. The van der Waals surface area contributed by atoms with Crippen LogP contribution in [0.15, 0.2) is 18.2 Å². The van der Waals surface area contributed by atoms with Crippen molar-refractivity contribution in [1.29, 1.82) is 0 Å². The number of rotatable bonds is 0. The maximum Gasteiger partial charge on any atom is 0.0460 e. The van der Waals surface area contributed by atoms with Crippen molar-refractivity contribution < 1.29 is 0 Å². The Bertz CT molecular complexity index is 488. The first-order chi connectivity index (χ1) is 6.84. The molecular formula is C12H15ClN2. The van der Waals surface area contributed by atoms with Crippen molar-refractivity contribution in [2.75, 3.05) is 5.73 Å². The van der Waals surface area contributed by atoms with E-state index >= 15 is 0 Å². The van der Waals surface area contributed by atoms with Gasteiger partial charge in [0, 0.05) is 22.3 Å². The van der Waals surface area contributed by atoms with Gasteiger partial charge in [-0.05, 0) is 49.4 Å². The van der Waals surface area contributed by atoms with Gasteiger partial charge in [0.05, 0.1) is 0 Å². The zero-order valence-corrected chi connectivity index (χ0v) is 9.36. The molecule has 1 aromatic heterocycles. The van der Waals surface area contributed by atoms with Crippen molar-refractivity contribution in [2.24, 2.45) is 0 Å². The normalized spacial score (nSPS) is 14.7. The van der Waals surface area contributed by atoms with Crippen molar-refractivity contribution >= 4 is 29.0 Å². The minimum atomic E-state index is 0. The molecule has 1 aliphatic rings. The lowest BCUT2D eigenvalue weighted by molar-refractivity contribution is 0.680. The molecule has 80 valence electrons. The summed E-state index contributed by atoms with van der Waals surface area (Å²) >= 11 is 0. The summed E-state index contributed by atoms with van der Waals surface area (Å²) in [5.41, 5.74) is 10.8. The largest absolute Gasteiger partial charge is 0.399 e. The topological polar surface area (TPSA) is 41.8 Å². The van der Waals surface area contributed by atoms with E-state index in [-0.39, 0.29) is 12.4 Å². The number of fused-ring (bicyclic) bond motifs is 3. The van der Waals surface area contributed by atoms with Crippen molar-refractivity contribution in [3.05, 3.63) is 29.5 Å². The zero-order valence-electron chi connectivity index (χ0n) is 8.55. The molecule has 0 radical (unpaired) electrons. The first kappa shape index (κ1) is 10.4. The van der Waals surface area contributed by atoms with Crippen LogP contribution >= 0.6 is 12.4 Å². The number of hydrogen-bond acceptors (Lipinski definition) is 1. The molecular weight excluding hydrogens is 208 g/mol. The maximum atomic E-state index is 5.80. The highest BCUT2D eigenvalue weighted by molar-refractivity contribution is 5.87. The molecule has 3 N–H and O–H groups in total. The molecule has 0 unspecified atom stereocenters. The summed E-state index contributed by atoms with van der Waals surface area (Å²) in [5, 5.41) is 1.33. The monoisotopic (exact) mass is 222 g/mol. The van der Waals surface area contributed by atoms with E-state index in [1.807, 2.05) is 6.07 Å². The van der Waals surface area contributed by atoms with Crippen LogP contribution in [0.25, 0.3) is 10.9 Å². The molecule has 1 aliphatic carbocycles. The smallest absolute Gasteiger partial charge is 0.0460 e. The van der Waals surface area contributed by atoms with Gasteiger partial charge >= 0.3 is 0 Å². The number of nitrogen functional groups attached to an aromatic ring is 1. The second-order valence-electron chi connectivity index (χ2n) is 4.09. The van der Waals surface area contributed by atoms with Crippen molar-refractivity contribution in [1.82, 2.24) is 4.98 Å². The molecule has 2 aromatic rings. The fourth-order valence-corrected chi connectivity index (χ4v) is 2.42. The Kier molecular flexibility index (Phi) is 2.61. The lowest BCUT2D eigenvalue weighted by Crippen LogP contribution is -2.00. The summed E-state index contributed by atoms with van der Waals surface area (Å²) in [4.78, 5) is 3.49. The lowest BCUT2D eigenvalue weighted by atomic mass is 9.96. The third kappa shape index (κ3) is 1.59. The molecule has 3 heteroatoms. The lowest BCUT2D eigenvalue weighted by Gasteiger charge is -2.10. The minimum Gasteiger partial charge on any atom is -0.399 e. The number of hydrogen-bond donors (Lipinski definition) is 2. The molecule has 0 aliphatic heterocycles. The fraction of sp³-hybridized carbons (Fsp3) is 0.333. The Labute approximate surface area is 95.3 Å². The first-order valence-corrected chi connectivity index (χ1v) is 5.23. The molecule has 1 heterocycles. The van der Waals surface area contributed by atoms with Gasteiger partial charge in [0.2, 0.25) is 0 Å². The Morgan fingerprint density at radius 3 is 2.80 bits per heavy atom. The molecule has 0 fully saturated rings. The van der Waals surface area contributed by atoms with Crippen LogP contribution in [0.4, 0.5) is 5.69 Å². The van der Waals surface area contributed by atoms with E-state index < -0.39 is 0 Å². The number of aromatic nitrogens is 1. The van der Waals surface area contributed by atoms with Crippen molar-refractivity contribution in [2.45, 2.75) is 25.7 Å². The van der Waals surface area contributed by atoms with Gasteiger partial charge in [-0.3, -0.25) is 0 Å². The average molecular weight is 223 g/mol. The average Bonchev–Trinajstić information content (AvgIpc) is 2.56. The highest BCUT2D eigenvalue weighted by Crippen LogP contribution is 2.29. The summed E-state index contributed by atoms with van der Waals surface area (Å²) < 4.78 is 0. The van der Waals surface area contributed by atoms with Crippen LogP contribution in [0.5, 0.6) is 0 Å². The zero-order chi connectivity index (χ0) is 9.54.